The molecule has 0 spiro atoms. The third-order valence-corrected chi connectivity index (χ3v) is 7.35. The second-order valence-corrected chi connectivity index (χ2v) is 9.50. The van der Waals surface area contributed by atoms with Crippen molar-refractivity contribution in [1.29, 1.82) is 0 Å². The Balaban J connectivity index is 1.75. The molecule has 2 aromatic carbocycles. The maximum absolute atomic E-state index is 13.2. The number of carbonyl (C=O) groups excluding carboxylic acids is 1. The Morgan fingerprint density at radius 3 is 2.40 bits per heavy atom. The van der Waals surface area contributed by atoms with Gasteiger partial charge >= 0.3 is 0 Å². The highest BCUT2D eigenvalue weighted by Gasteiger charge is 2.28. The number of aryl methyl sites for hydroxylation is 2. The van der Waals surface area contributed by atoms with Gasteiger partial charge in [-0.05, 0) is 25.5 Å². The van der Waals surface area contributed by atoms with Gasteiger partial charge in [0.05, 0.1) is 0 Å². The molecule has 0 atom stereocenters. The molecular formula is C25H23N2OS2+. The van der Waals surface area contributed by atoms with Crippen molar-refractivity contribution in [2.24, 2.45) is 0 Å². The summed E-state index contributed by atoms with van der Waals surface area (Å²) in [6.07, 6.45) is 4.03. The molecule has 30 heavy (non-hydrogen) atoms. The number of benzene rings is 2. The summed E-state index contributed by atoms with van der Waals surface area (Å²) in [5.41, 5.74) is 12.3. The molecule has 0 bridgehead atoms. The van der Waals surface area contributed by atoms with Crippen LogP contribution in [0.4, 0.5) is 5.69 Å². The van der Waals surface area contributed by atoms with Gasteiger partial charge in [0.25, 0.3) is 5.69 Å². The van der Waals surface area contributed by atoms with Crippen LogP contribution in [0.5, 0.6) is 0 Å². The van der Waals surface area contributed by atoms with Crippen LogP contribution in [0.1, 0.15) is 31.9 Å². The molecule has 0 unspecified atom stereocenters. The van der Waals surface area contributed by atoms with E-state index in [4.69, 9.17) is 5.73 Å². The number of hydrogen-bond acceptors (Lipinski definition) is 4. The zero-order valence-electron chi connectivity index (χ0n) is 17.0. The Morgan fingerprint density at radius 2 is 1.70 bits per heavy atom. The standard InChI is InChI=1S/C25H22N2OS2/c1-17-10-12-19(13-11-17)16-29-25-22(27-14-6-7-18(2)15-27)21(26)24(30-25)23(28)20-8-4-3-5-9-20/h3-15H,16H2,1-2H3,(H-,26,28)/p+1. The first-order chi connectivity index (χ1) is 14.5. The third-order valence-electron chi connectivity index (χ3n) is 4.83. The summed E-state index contributed by atoms with van der Waals surface area (Å²) in [6, 6.07) is 21.9. The van der Waals surface area contributed by atoms with E-state index in [-0.39, 0.29) is 5.78 Å². The number of nitrogen functional groups attached to an aromatic ring is 1. The second-order valence-electron chi connectivity index (χ2n) is 7.24. The molecule has 5 heteroatoms. The molecule has 150 valence electrons. The Kier molecular flexibility index (Phi) is 6.02. The van der Waals surface area contributed by atoms with Gasteiger partial charge < -0.3 is 5.73 Å². The number of carbonyl (C=O) groups is 1. The summed E-state index contributed by atoms with van der Waals surface area (Å²) < 4.78 is 3.07. The van der Waals surface area contributed by atoms with E-state index < -0.39 is 0 Å². The zero-order chi connectivity index (χ0) is 21.1. The minimum absolute atomic E-state index is 0.0326. The van der Waals surface area contributed by atoms with Gasteiger partial charge in [-0.15, -0.1) is 23.1 Å². The maximum atomic E-state index is 13.2. The summed E-state index contributed by atoms with van der Waals surface area (Å²) in [6.45, 7) is 4.14. The maximum Gasteiger partial charge on any atom is 0.259 e. The number of anilines is 1. The fraction of sp³-hybridized carbons (Fsp3) is 0.120. The molecule has 2 aromatic heterocycles. The average molecular weight is 432 g/mol. The highest BCUT2D eigenvalue weighted by molar-refractivity contribution is 8.00. The predicted octanol–water partition coefficient (Wildman–Crippen LogP) is 5.75. The van der Waals surface area contributed by atoms with Crippen LogP contribution in [0, 0.1) is 13.8 Å². The van der Waals surface area contributed by atoms with Crippen LogP contribution < -0.4 is 10.3 Å². The van der Waals surface area contributed by atoms with Crippen molar-refractivity contribution < 1.29 is 9.36 Å². The Bertz CT molecular complexity index is 1180. The van der Waals surface area contributed by atoms with Crippen LogP contribution in [0.15, 0.2) is 83.3 Å². The molecule has 0 saturated carbocycles. The van der Waals surface area contributed by atoms with Gasteiger partial charge in [0.2, 0.25) is 5.78 Å². The first-order valence-electron chi connectivity index (χ1n) is 9.71. The van der Waals surface area contributed by atoms with Crippen LogP contribution in [-0.4, -0.2) is 5.78 Å². The van der Waals surface area contributed by atoms with Crippen LogP contribution >= 0.6 is 23.1 Å². The van der Waals surface area contributed by atoms with Crippen molar-refractivity contribution in [3.63, 3.8) is 0 Å². The van der Waals surface area contributed by atoms with Gasteiger partial charge in [-0.25, -0.2) is 0 Å². The third kappa shape index (κ3) is 4.32. The fourth-order valence-electron chi connectivity index (χ4n) is 3.21. The molecule has 0 saturated heterocycles. The normalized spacial score (nSPS) is 10.9. The number of thiophene rings is 1. The summed E-state index contributed by atoms with van der Waals surface area (Å²) in [4.78, 5) is 13.7. The van der Waals surface area contributed by atoms with Crippen molar-refractivity contribution in [3.05, 3.63) is 106 Å². The molecule has 4 rings (SSSR count). The van der Waals surface area contributed by atoms with Crippen molar-refractivity contribution in [2.45, 2.75) is 23.8 Å². The molecule has 2 N–H and O–H groups in total. The van der Waals surface area contributed by atoms with Crippen molar-refractivity contribution >= 4 is 34.6 Å². The van der Waals surface area contributed by atoms with E-state index in [0.717, 1.165) is 21.2 Å². The lowest BCUT2D eigenvalue weighted by molar-refractivity contribution is -0.597. The van der Waals surface area contributed by atoms with E-state index in [1.54, 1.807) is 11.8 Å². The lowest BCUT2D eigenvalue weighted by Gasteiger charge is -2.03. The molecule has 0 aliphatic carbocycles. The number of nitrogens with zero attached hydrogens (tertiary/aromatic N) is 1. The Morgan fingerprint density at radius 1 is 0.967 bits per heavy atom. The molecule has 2 heterocycles. The zero-order valence-corrected chi connectivity index (χ0v) is 18.6. The van der Waals surface area contributed by atoms with Gasteiger partial charge in [-0.1, -0.05) is 60.2 Å². The van der Waals surface area contributed by atoms with Crippen molar-refractivity contribution in [3.8, 4) is 5.69 Å². The minimum Gasteiger partial charge on any atom is -0.392 e. The quantitative estimate of drug-likeness (QED) is 0.240. The summed E-state index contributed by atoms with van der Waals surface area (Å²) in [5, 5.41) is 0. The summed E-state index contributed by atoms with van der Waals surface area (Å²) in [7, 11) is 0. The molecule has 0 aliphatic heterocycles. The van der Waals surface area contributed by atoms with E-state index in [1.807, 2.05) is 66.3 Å². The van der Waals surface area contributed by atoms with E-state index in [1.165, 1.54) is 22.5 Å². The monoisotopic (exact) mass is 431 g/mol. The van der Waals surface area contributed by atoms with E-state index >= 15 is 0 Å². The first-order valence-corrected chi connectivity index (χ1v) is 11.5. The summed E-state index contributed by atoms with van der Waals surface area (Å²) >= 11 is 3.20. The topological polar surface area (TPSA) is 47.0 Å². The van der Waals surface area contributed by atoms with Crippen molar-refractivity contribution in [1.82, 2.24) is 0 Å². The van der Waals surface area contributed by atoms with Crippen molar-refractivity contribution in [2.75, 3.05) is 5.73 Å². The molecule has 0 amide bonds. The van der Waals surface area contributed by atoms with E-state index in [0.29, 0.717) is 16.1 Å². The van der Waals surface area contributed by atoms with Crippen LogP contribution in [0.25, 0.3) is 5.69 Å². The fourth-order valence-corrected chi connectivity index (χ4v) is 5.63. The number of rotatable bonds is 6. The highest BCUT2D eigenvalue weighted by Crippen LogP contribution is 2.40. The van der Waals surface area contributed by atoms with Gasteiger partial charge in [-0.3, -0.25) is 4.79 Å². The van der Waals surface area contributed by atoms with Crippen LogP contribution in [0.2, 0.25) is 0 Å². The minimum atomic E-state index is -0.0326. The molecule has 0 radical (unpaired) electrons. The van der Waals surface area contributed by atoms with Gasteiger partial charge in [0.15, 0.2) is 12.4 Å². The second kappa shape index (κ2) is 8.86. The molecule has 0 fully saturated rings. The SMILES string of the molecule is Cc1ccc(CSc2sc(C(=O)c3ccccc3)c(N)c2-[n+]2cccc(C)c2)cc1. The van der Waals surface area contributed by atoms with E-state index in [9.17, 15) is 4.79 Å². The number of ketones is 1. The van der Waals surface area contributed by atoms with Crippen LogP contribution in [-0.2, 0) is 5.75 Å². The predicted molar refractivity (Wildman–Crippen MR) is 126 cm³/mol. The van der Waals surface area contributed by atoms with E-state index in [2.05, 4.69) is 31.2 Å². The largest absolute Gasteiger partial charge is 0.392 e. The smallest absolute Gasteiger partial charge is 0.259 e. The number of hydrogen-bond donors (Lipinski definition) is 1. The Hall–Kier alpha value is -2.89. The van der Waals surface area contributed by atoms with Crippen LogP contribution in [0.3, 0.4) is 0 Å². The first kappa shape index (κ1) is 20.4. The summed E-state index contributed by atoms with van der Waals surface area (Å²) in [5.74, 6) is 0.785. The van der Waals surface area contributed by atoms with Gasteiger partial charge in [0, 0.05) is 22.9 Å². The molecular weight excluding hydrogens is 408 g/mol. The van der Waals surface area contributed by atoms with Gasteiger partial charge in [0.1, 0.15) is 14.8 Å². The number of thioether (sulfide) groups is 1. The molecule has 4 aromatic rings. The Labute approximate surface area is 185 Å². The molecule has 0 aliphatic rings. The number of nitrogens with two attached hydrogens (primary N) is 1. The molecule has 3 nitrogen and oxygen atoms in total. The highest BCUT2D eigenvalue weighted by atomic mass is 32.2. The van der Waals surface area contributed by atoms with Gasteiger partial charge in [-0.2, -0.15) is 4.57 Å². The number of aromatic nitrogens is 1. The number of pyridine rings is 1. The average Bonchev–Trinajstić information content (AvgIpc) is 3.09. The lowest BCUT2D eigenvalue weighted by atomic mass is 10.1. The lowest BCUT2D eigenvalue weighted by Crippen LogP contribution is -2.31.